The lowest BCUT2D eigenvalue weighted by Gasteiger charge is -2.16. The molecule has 2 aromatic carbocycles. The van der Waals surface area contributed by atoms with Crippen LogP contribution in [0.5, 0.6) is 0 Å². The second-order valence-electron chi connectivity index (χ2n) is 5.95. The molecule has 0 fully saturated rings. The average Bonchev–Trinajstić information content (AvgIpc) is 2.43. The normalized spacial score (nSPS) is 10.8. The highest BCUT2D eigenvalue weighted by molar-refractivity contribution is 6.05. The maximum atomic E-state index is 12.5. The summed E-state index contributed by atoms with van der Waals surface area (Å²) < 4.78 is 0. The topological polar surface area (TPSA) is 29.1 Å². The van der Waals surface area contributed by atoms with Crippen molar-refractivity contribution in [3.05, 3.63) is 64.2 Å². The number of benzene rings is 2. The summed E-state index contributed by atoms with van der Waals surface area (Å²) in [6.45, 7) is 10.4. The van der Waals surface area contributed by atoms with E-state index in [0.717, 1.165) is 16.8 Å². The van der Waals surface area contributed by atoms with Gasteiger partial charge in [-0.3, -0.25) is 4.79 Å². The van der Waals surface area contributed by atoms with Crippen LogP contribution in [0.1, 0.15) is 52.4 Å². The molecule has 0 aliphatic heterocycles. The molecule has 2 aromatic rings. The maximum absolute atomic E-state index is 12.5. The van der Waals surface area contributed by atoms with Crippen LogP contribution < -0.4 is 5.32 Å². The van der Waals surface area contributed by atoms with E-state index in [1.165, 1.54) is 11.1 Å². The quantitative estimate of drug-likeness (QED) is 0.844. The van der Waals surface area contributed by atoms with Gasteiger partial charge in [0.15, 0.2) is 0 Å². The molecule has 0 unspecified atom stereocenters. The van der Waals surface area contributed by atoms with Gasteiger partial charge in [-0.05, 0) is 61.1 Å². The predicted molar refractivity (Wildman–Crippen MR) is 89.1 cm³/mol. The maximum Gasteiger partial charge on any atom is 0.255 e. The van der Waals surface area contributed by atoms with Crippen LogP contribution in [-0.4, -0.2) is 5.91 Å². The highest BCUT2D eigenvalue weighted by Crippen LogP contribution is 2.28. The molecule has 2 rings (SSSR count). The monoisotopic (exact) mass is 281 g/mol. The number of aryl methyl sites for hydroxylation is 3. The summed E-state index contributed by atoms with van der Waals surface area (Å²) in [4.78, 5) is 12.5. The Bertz CT molecular complexity index is 671. The minimum atomic E-state index is -0.0469. The molecule has 2 nitrogen and oxygen atoms in total. The molecule has 0 bridgehead atoms. The molecule has 0 spiro atoms. The molecule has 0 aromatic heterocycles. The first-order valence-corrected chi connectivity index (χ1v) is 7.38. The number of rotatable bonds is 3. The Balaban J connectivity index is 2.33. The van der Waals surface area contributed by atoms with E-state index in [2.05, 4.69) is 32.2 Å². The zero-order chi connectivity index (χ0) is 15.6. The predicted octanol–water partition coefficient (Wildman–Crippen LogP) is 4.99. The SMILES string of the molecule is Cc1ccc(C(=O)Nc2c(C)cccc2C(C)C)cc1C. The van der Waals surface area contributed by atoms with E-state index in [4.69, 9.17) is 0 Å². The number of amides is 1. The summed E-state index contributed by atoms with van der Waals surface area (Å²) >= 11 is 0. The Hall–Kier alpha value is -2.09. The average molecular weight is 281 g/mol. The van der Waals surface area contributed by atoms with E-state index in [0.29, 0.717) is 11.5 Å². The Morgan fingerprint density at radius 3 is 2.29 bits per heavy atom. The Labute approximate surface area is 127 Å². The van der Waals surface area contributed by atoms with E-state index in [-0.39, 0.29) is 5.91 Å². The minimum Gasteiger partial charge on any atom is -0.321 e. The fraction of sp³-hybridized carbons (Fsp3) is 0.316. The number of hydrogen-bond acceptors (Lipinski definition) is 1. The summed E-state index contributed by atoms with van der Waals surface area (Å²) in [5, 5.41) is 3.08. The Kier molecular flexibility index (Phi) is 4.46. The van der Waals surface area contributed by atoms with Crippen LogP contribution in [0.3, 0.4) is 0 Å². The molecule has 1 N–H and O–H groups in total. The van der Waals surface area contributed by atoms with E-state index in [1.54, 1.807) is 0 Å². The van der Waals surface area contributed by atoms with Gasteiger partial charge in [-0.2, -0.15) is 0 Å². The van der Waals surface area contributed by atoms with Crippen LogP contribution in [0.4, 0.5) is 5.69 Å². The third-order valence-corrected chi connectivity index (χ3v) is 3.93. The first-order valence-electron chi connectivity index (χ1n) is 7.38. The largest absolute Gasteiger partial charge is 0.321 e. The molecule has 110 valence electrons. The van der Waals surface area contributed by atoms with Gasteiger partial charge in [-0.25, -0.2) is 0 Å². The highest BCUT2D eigenvalue weighted by atomic mass is 16.1. The van der Waals surface area contributed by atoms with Gasteiger partial charge >= 0.3 is 0 Å². The van der Waals surface area contributed by atoms with Crippen molar-refractivity contribution in [2.75, 3.05) is 5.32 Å². The van der Waals surface area contributed by atoms with E-state index in [1.807, 2.05) is 44.2 Å². The summed E-state index contributed by atoms with van der Waals surface area (Å²) in [6, 6.07) is 12.0. The molecule has 0 radical (unpaired) electrons. The van der Waals surface area contributed by atoms with Gasteiger partial charge in [-0.15, -0.1) is 0 Å². The smallest absolute Gasteiger partial charge is 0.255 e. The first kappa shape index (κ1) is 15.3. The van der Waals surface area contributed by atoms with Crippen LogP contribution in [-0.2, 0) is 0 Å². The third kappa shape index (κ3) is 3.33. The summed E-state index contributed by atoms with van der Waals surface area (Å²) in [7, 11) is 0. The molecular weight excluding hydrogens is 258 g/mol. The number of para-hydroxylation sites is 1. The highest BCUT2D eigenvalue weighted by Gasteiger charge is 2.13. The molecule has 0 aliphatic carbocycles. The molecule has 21 heavy (non-hydrogen) atoms. The van der Waals surface area contributed by atoms with E-state index in [9.17, 15) is 4.79 Å². The molecule has 0 heterocycles. The fourth-order valence-corrected chi connectivity index (χ4v) is 2.41. The van der Waals surface area contributed by atoms with Crippen molar-refractivity contribution >= 4 is 11.6 Å². The first-order chi connectivity index (χ1) is 9.90. The molecule has 1 amide bonds. The van der Waals surface area contributed by atoms with Crippen molar-refractivity contribution in [3.63, 3.8) is 0 Å². The van der Waals surface area contributed by atoms with Crippen LogP contribution in [0.15, 0.2) is 36.4 Å². The van der Waals surface area contributed by atoms with Crippen molar-refractivity contribution in [2.24, 2.45) is 0 Å². The lowest BCUT2D eigenvalue weighted by molar-refractivity contribution is 0.102. The van der Waals surface area contributed by atoms with Crippen LogP contribution in [0.25, 0.3) is 0 Å². The second-order valence-corrected chi connectivity index (χ2v) is 5.95. The van der Waals surface area contributed by atoms with Gasteiger partial charge in [0.25, 0.3) is 5.91 Å². The number of nitrogens with one attached hydrogen (secondary N) is 1. The fourth-order valence-electron chi connectivity index (χ4n) is 2.41. The summed E-state index contributed by atoms with van der Waals surface area (Å²) in [6.07, 6.45) is 0. The van der Waals surface area contributed by atoms with Gasteiger partial charge in [0, 0.05) is 11.3 Å². The number of carbonyl (C=O) groups excluding carboxylic acids is 1. The van der Waals surface area contributed by atoms with Crippen LogP contribution in [0, 0.1) is 20.8 Å². The van der Waals surface area contributed by atoms with Crippen molar-refractivity contribution in [2.45, 2.75) is 40.5 Å². The third-order valence-electron chi connectivity index (χ3n) is 3.93. The molecule has 2 heteroatoms. The number of hydrogen-bond donors (Lipinski definition) is 1. The van der Waals surface area contributed by atoms with E-state index < -0.39 is 0 Å². The van der Waals surface area contributed by atoms with Crippen LogP contribution in [0.2, 0.25) is 0 Å². The second kappa shape index (κ2) is 6.13. The van der Waals surface area contributed by atoms with Crippen molar-refractivity contribution in [1.82, 2.24) is 0 Å². The summed E-state index contributed by atoms with van der Waals surface area (Å²) in [5.74, 6) is 0.328. The van der Waals surface area contributed by atoms with Gasteiger partial charge in [0.05, 0.1) is 0 Å². The Morgan fingerprint density at radius 1 is 0.952 bits per heavy atom. The molecule has 0 aliphatic rings. The van der Waals surface area contributed by atoms with Gasteiger partial charge in [-0.1, -0.05) is 38.1 Å². The lowest BCUT2D eigenvalue weighted by Crippen LogP contribution is -2.15. The van der Waals surface area contributed by atoms with Crippen molar-refractivity contribution in [1.29, 1.82) is 0 Å². The summed E-state index contributed by atoms with van der Waals surface area (Å²) in [5.41, 5.74) is 6.25. The Morgan fingerprint density at radius 2 is 1.67 bits per heavy atom. The van der Waals surface area contributed by atoms with Gasteiger partial charge in [0.2, 0.25) is 0 Å². The van der Waals surface area contributed by atoms with Crippen molar-refractivity contribution in [3.8, 4) is 0 Å². The molecular formula is C19H23NO. The van der Waals surface area contributed by atoms with E-state index >= 15 is 0 Å². The zero-order valence-electron chi connectivity index (χ0n) is 13.4. The number of carbonyl (C=O) groups is 1. The van der Waals surface area contributed by atoms with Crippen LogP contribution >= 0.6 is 0 Å². The molecule has 0 saturated carbocycles. The number of anilines is 1. The minimum absolute atomic E-state index is 0.0469. The van der Waals surface area contributed by atoms with Gasteiger partial charge < -0.3 is 5.32 Å². The zero-order valence-corrected chi connectivity index (χ0v) is 13.4. The molecule has 0 atom stereocenters. The van der Waals surface area contributed by atoms with Gasteiger partial charge in [0.1, 0.15) is 0 Å². The van der Waals surface area contributed by atoms with Crippen molar-refractivity contribution < 1.29 is 4.79 Å². The standard InChI is InChI=1S/C19H23NO/c1-12(2)17-8-6-7-14(4)18(17)20-19(21)16-10-9-13(3)15(5)11-16/h6-12H,1-5H3,(H,20,21). The lowest BCUT2D eigenvalue weighted by atomic mass is 9.98. The molecule has 0 saturated heterocycles.